The van der Waals surface area contributed by atoms with Crippen LogP contribution in [0.3, 0.4) is 0 Å². The second-order valence-electron chi connectivity index (χ2n) is 2.45. The fourth-order valence-corrected chi connectivity index (χ4v) is 0.920. The third-order valence-corrected chi connectivity index (χ3v) is 1.53. The summed E-state index contributed by atoms with van der Waals surface area (Å²) in [6, 6.07) is -1.99. The van der Waals surface area contributed by atoms with E-state index in [4.69, 9.17) is 16.4 Å². The van der Waals surface area contributed by atoms with Crippen molar-refractivity contribution in [3.05, 3.63) is 22.5 Å². The van der Waals surface area contributed by atoms with Crippen molar-refractivity contribution in [3.63, 3.8) is 0 Å². The van der Waals surface area contributed by atoms with E-state index in [2.05, 4.69) is 5.10 Å². The lowest BCUT2D eigenvalue weighted by molar-refractivity contribution is 0.479. The number of nitrogens with zero attached hydrogens (tertiary/aromatic N) is 2. The van der Waals surface area contributed by atoms with Crippen LogP contribution in [-0.2, 0) is 0 Å². The molecule has 1 saturated heterocycles. The first-order valence-corrected chi connectivity index (χ1v) is 3.73. The number of hydrogen-bond acceptors (Lipinski definition) is 3. The summed E-state index contributed by atoms with van der Waals surface area (Å²) in [6.07, 6.45) is -11.0. The molecular formula is C10H15N3O. The van der Waals surface area contributed by atoms with E-state index in [1.54, 1.807) is 0 Å². The van der Waals surface area contributed by atoms with E-state index in [0.717, 1.165) is 12.1 Å². The average Bonchev–Trinajstić information content (AvgIpc) is 2.46. The third-order valence-electron chi connectivity index (χ3n) is 1.53. The number of anilines is 1. The predicted octanol–water partition coefficient (Wildman–Crippen LogP) is 1.15. The highest BCUT2D eigenvalue weighted by atomic mass is 16.1. The molecule has 1 unspecified atom stereocenters. The van der Waals surface area contributed by atoms with E-state index in [9.17, 15) is 4.79 Å². The summed E-state index contributed by atoms with van der Waals surface area (Å²) < 4.78 is 94.5. The minimum atomic E-state index is -3.71. The Hall–Kier alpha value is -1.32. The molecule has 4 nitrogen and oxygen atoms in total. The maximum Gasteiger partial charge on any atom is 0.264 e. The number of aromatic amines is 1. The van der Waals surface area contributed by atoms with Gasteiger partial charge < -0.3 is 4.90 Å². The summed E-state index contributed by atoms with van der Waals surface area (Å²) in [5.74, 6) is -0.732. The molecule has 14 heavy (non-hydrogen) atoms. The van der Waals surface area contributed by atoms with Crippen LogP contribution in [0.15, 0.2) is 16.9 Å². The number of H-pyrrole nitrogens is 1. The van der Waals surface area contributed by atoms with Crippen molar-refractivity contribution in [1.29, 1.82) is 0 Å². The molecule has 0 bridgehead atoms. The van der Waals surface area contributed by atoms with Gasteiger partial charge in [0.15, 0.2) is 0 Å². The fraction of sp³-hybridized carbons (Fsp3) is 0.600. The Morgan fingerprint density at radius 3 is 3.43 bits per heavy atom. The van der Waals surface area contributed by atoms with Crippen LogP contribution in [-0.4, -0.2) is 22.7 Å². The maximum atomic E-state index is 11.2. The molecule has 4 heteroatoms. The van der Waals surface area contributed by atoms with E-state index in [1.807, 2.05) is 5.10 Å². The SMILES string of the molecule is [2H]C([2H])([2H])C1([2H])N(c2ccc(=O)[nH]n2)C([2H])([2H])C([2H])([2H])C([2H])([2H])C1([2H])[2H]. The minimum Gasteiger partial charge on any atom is -0.352 e. The van der Waals surface area contributed by atoms with Crippen LogP contribution in [0.4, 0.5) is 5.82 Å². The lowest BCUT2D eigenvalue weighted by atomic mass is 10.0. The first kappa shape index (κ1) is 2.62. The third kappa shape index (κ3) is 1.78. The van der Waals surface area contributed by atoms with Crippen LogP contribution in [0, 0.1) is 0 Å². The normalized spacial score (nSPS) is 55.6. The number of piperidine rings is 1. The van der Waals surface area contributed by atoms with Gasteiger partial charge in [-0.15, -0.1) is 0 Å². The Kier molecular flexibility index (Phi) is 0.715. The van der Waals surface area contributed by atoms with Gasteiger partial charge in [0.05, 0.1) is 1.37 Å². The Morgan fingerprint density at radius 2 is 2.71 bits per heavy atom. The molecular weight excluding hydrogens is 178 g/mol. The fourth-order valence-electron chi connectivity index (χ4n) is 0.920. The summed E-state index contributed by atoms with van der Waals surface area (Å²) in [4.78, 5) is 11.1. The van der Waals surface area contributed by atoms with Crippen molar-refractivity contribution in [2.45, 2.75) is 32.0 Å². The molecule has 1 aliphatic rings. The first-order chi connectivity index (χ1) is 11.4. The lowest BCUT2D eigenvalue weighted by Crippen LogP contribution is -2.38. The van der Waals surface area contributed by atoms with Gasteiger partial charge in [-0.05, 0) is 32.0 Å². The van der Waals surface area contributed by atoms with Gasteiger partial charge in [-0.3, -0.25) is 4.79 Å². The predicted molar refractivity (Wildman–Crippen MR) is 55.5 cm³/mol. The van der Waals surface area contributed by atoms with E-state index >= 15 is 0 Å². The van der Waals surface area contributed by atoms with Gasteiger partial charge in [-0.1, -0.05) is 0 Å². The van der Waals surface area contributed by atoms with E-state index < -0.39 is 49.9 Å². The molecule has 1 N–H and O–H groups in total. The Bertz CT molecular complexity index is 751. The molecule has 0 saturated carbocycles. The zero-order chi connectivity index (χ0) is 20.6. The van der Waals surface area contributed by atoms with Crippen molar-refractivity contribution >= 4 is 5.82 Å². The van der Waals surface area contributed by atoms with Crippen molar-refractivity contribution < 1.29 is 16.4 Å². The standard InChI is InChI=1S/C10H15N3O/c1-8-4-2-3-7-13(8)9-5-6-10(14)12-11-9/h5-6,8H,2-4,7H2,1H3,(H,12,14)/i1D3,2D2,3D2,4D2,7D2,8D. The van der Waals surface area contributed by atoms with Crippen molar-refractivity contribution in [2.24, 2.45) is 0 Å². The van der Waals surface area contributed by atoms with E-state index in [1.165, 1.54) is 0 Å². The molecule has 0 aliphatic carbocycles. The Balaban J connectivity index is 2.96. The summed E-state index contributed by atoms with van der Waals surface area (Å²) >= 11 is 0. The van der Waals surface area contributed by atoms with E-state index in [0.29, 0.717) is 0 Å². The topological polar surface area (TPSA) is 49.0 Å². The number of rotatable bonds is 1. The Morgan fingerprint density at radius 1 is 1.79 bits per heavy atom. The molecule has 76 valence electrons. The second-order valence-corrected chi connectivity index (χ2v) is 2.45. The van der Waals surface area contributed by atoms with E-state index in [-0.39, 0.29) is 4.90 Å². The van der Waals surface area contributed by atoms with Crippen LogP contribution in [0.1, 0.15) is 42.4 Å². The van der Waals surface area contributed by atoms with Gasteiger partial charge in [0.1, 0.15) is 5.82 Å². The maximum absolute atomic E-state index is 11.2. The van der Waals surface area contributed by atoms with Gasteiger partial charge in [0.2, 0.25) is 0 Å². The second kappa shape index (κ2) is 3.82. The van der Waals surface area contributed by atoms with Crippen LogP contribution < -0.4 is 10.5 Å². The number of aromatic nitrogens is 2. The summed E-state index contributed by atoms with van der Waals surface area (Å²) in [7, 11) is 0. The van der Waals surface area contributed by atoms with Crippen LogP contribution in [0.2, 0.25) is 0 Å². The smallest absolute Gasteiger partial charge is 0.264 e. The van der Waals surface area contributed by atoms with Gasteiger partial charge >= 0.3 is 0 Å². The Labute approximate surface area is 99.8 Å². The van der Waals surface area contributed by atoms with Gasteiger partial charge in [0, 0.05) is 33.7 Å². The van der Waals surface area contributed by atoms with Crippen LogP contribution >= 0.6 is 0 Å². The molecule has 1 aromatic rings. The van der Waals surface area contributed by atoms with Crippen LogP contribution in [0.5, 0.6) is 0 Å². The molecule has 1 fully saturated rings. The molecule has 2 heterocycles. The highest BCUT2D eigenvalue weighted by molar-refractivity contribution is 5.38. The van der Waals surface area contributed by atoms with Crippen molar-refractivity contribution in [3.8, 4) is 0 Å². The largest absolute Gasteiger partial charge is 0.352 e. The molecule has 1 aliphatic heterocycles. The van der Waals surface area contributed by atoms with Gasteiger partial charge in [0.25, 0.3) is 5.56 Å². The lowest BCUT2D eigenvalue weighted by Gasteiger charge is -2.33. The zero-order valence-electron chi connectivity index (χ0n) is 19.0. The molecule has 0 amide bonds. The number of nitrogens with one attached hydrogen (secondary N) is 1. The molecule has 1 aromatic heterocycles. The zero-order valence-corrected chi connectivity index (χ0v) is 6.96. The van der Waals surface area contributed by atoms with Crippen LogP contribution in [0.25, 0.3) is 0 Å². The molecule has 1 atom stereocenters. The highest BCUT2D eigenvalue weighted by Crippen LogP contribution is 2.21. The quantitative estimate of drug-likeness (QED) is 0.748. The first-order valence-electron chi connectivity index (χ1n) is 9.73. The summed E-state index contributed by atoms with van der Waals surface area (Å²) in [6.45, 7) is -7.13. The molecule has 2 rings (SSSR count). The van der Waals surface area contributed by atoms with Gasteiger partial charge in [-0.2, -0.15) is 5.10 Å². The molecule has 0 spiro atoms. The van der Waals surface area contributed by atoms with Crippen molar-refractivity contribution in [1.82, 2.24) is 10.2 Å². The monoisotopic (exact) mass is 205 g/mol. The highest BCUT2D eigenvalue weighted by Gasteiger charge is 2.19. The summed E-state index contributed by atoms with van der Waals surface area (Å²) in [5, 5.41) is 5.29. The minimum absolute atomic E-state index is 0.0652. The molecule has 0 radical (unpaired) electrons. The molecule has 0 aromatic carbocycles. The van der Waals surface area contributed by atoms with Crippen molar-refractivity contribution in [2.75, 3.05) is 11.4 Å². The number of hydrogen-bond donors (Lipinski definition) is 1. The van der Waals surface area contributed by atoms with Gasteiger partial charge in [-0.25, -0.2) is 5.10 Å². The average molecular weight is 205 g/mol. The summed E-state index contributed by atoms with van der Waals surface area (Å²) in [5.41, 5.74) is -0.753.